The van der Waals surface area contributed by atoms with Gasteiger partial charge in [-0.3, -0.25) is 0 Å². The van der Waals surface area contributed by atoms with Crippen LogP contribution in [0.25, 0.3) is 0 Å². The van der Waals surface area contributed by atoms with Crippen molar-refractivity contribution in [1.29, 1.82) is 0 Å². The summed E-state index contributed by atoms with van der Waals surface area (Å²) in [6.45, 7) is 9.46. The highest BCUT2D eigenvalue weighted by atomic mass is 32.2. The normalized spacial score (nSPS) is 12.8. The van der Waals surface area contributed by atoms with Gasteiger partial charge in [-0.2, -0.15) is 0 Å². The molecule has 0 fully saturated rings. The van der Waals surface area contributed by atoms with E-state index in [-0.39, 0.29) is 5.75 Å². The van der Waals surface area contributed by atoms with E-state index < -0.39 is 14.6 Å². The fourth-order valence-corrected chi connectivity index (χ4v) is 2.61. The molecule has 0 aliphatic heterocycles. The number of sulfone groups is 1. The fourth-order valence-electron chi connectivity index (χ4n) is 1.54. The molecule has 0 atom stereocenters. The quantitative estimate of drug-likeness (QED) is 0.774. The molecule has 0 unspecified atom stereocenters. The van der Waals surface area contributed by atoms with E-state index in [1.807, 2.05) is 10.8 Å². The first-order valence-corrected chi connectivity index (χ1v) is 8.35. The largest absolute Gasteiger partial charge is 0.336 e. The summed E-state index contributed by atoms with van der Waals surface area (Å²) in [5.74, 6) is 0.148. The van der Waals surface area contributed by atoms with Crippen molar-refractivity contribution in [2.45, 2.75) is 52.0 Å². The first kappa shape index (κ1) is 16.2. The fraction of sp³-hybridized carbons (Fsp3) is 0.769. The van der Waals surface area contributed by atoms with Crippen LogP contribution in [0.5, 0.6) is 0 Å². The van der Waals surface area contributed by atoms with Gasteiger partial charge in [0.15, 0.2) is 9.84 Å². The molecule has 0 spiro atoms. The van der Waals surface area contributed by atoms with E-state index in [0.717, 1.165) is 25.2 Å². The molecule has 0 aromatic carbocycles. The Morgan fingerprint density at radius 2 is 2.05 bits per heavy atom. The molecule has 1 aromatic rings. The Morgan fingerprint density at radius 1 is 1.37 bits per heavy atom. The van der Waals surface area contributed by atoms with Crippen molar-refractivity contribution in [1.82, 2.24) is 14.9 Å². The Labute approximate surface area is 116 Å². The first-order valence-electron chi connectivity index (χ1n) is 6.70. The Morgan fingerprint density at radius 3 is 2.63 bits per heavy atom. The minimum atomic E-state index is -3.07. The van der Waals surface area contributed by atoms with Crippen molar-refractivity contribution >= 4 is 9.84 Å². The van der Waals surface area contributed by atoms with Crippen LogP contribution in [0.4, 0.5) is 0 Å². The van der Waals surface area contributed by atoms with Gasteiger partial charge in [-0.15, -0.1) is 0 Å². The number of aromatic nitrogens is 2. The Bertz CT molecular complexity index is 486. The molecular formula is C13H25N3O2S. The zero-order valence-corrected chi connectivity index (χ0v) is 13.1. The molecular weight excluding hydrogens is 262 g/mol. The second-order valence-electron chi connectivity index (χ2n) is 5.71. The van der Waals surface area contributed by atoms with E-state index in [2.05, 4.69) is 17.2 Å². The first-order chi connectivity index (χ1) is 8.76. The Hall–Kier alpha value is -0.880. The minimum absolute atomic E-state index is 0.148. The maximum atomic E-state index is 12.0. The number of nitrogens with zero attached hydrogens (tertiary/aromatic N) is 2. The van der Waals surface area contributed by atoms with Gasteiger partial charge in [0.2, 0.25) is 0 Å². The SMILES string of the molecule is CCCNCc1cn(CCS(=O)(=O)C(C)(C)C)cn1. The lowest BCUT2D eigenvalue weighted by atomic mass is 10.3. The summed E-state index contributed by atoms with van der Waals surface area (Å²) < 4.78 is 25.1. The van der Waals surface area contributed by atoms with Crippen LogP contribution in [0.3, 0.4) is 0 Å². The van der Waals surface area contributed by atoms with E-state index >= 15 is 0 Å². The van der Waals surface area contributed by atoms with Crippen molar-refractivity contribution in [2.24, 2.45) is 0 Å². The molecule has 6 heteroatoms. The van der Waals surface area contributed by atoms with E-state index in [4.69, 9.17) is 0 Å². The van der Waals surface area contributed by atoms with Gasteiger partial charge < -0.3 is 9.88 Å². The van der Waals surface area contributed by atoms with Crippen LogP contribution in [0.1, 0.15) is 39.8 Å². The topological polar surface area (TPSA) is 64.0 Å². The third-order valence-electron chi connectivity index (χ3n) is 2.97. The highest BCUT2D eigenvalue weighted by Crippen LogP contribution is 2.16. The molecule has 5 nitrogen and oxygen atoms in total. The predicted molar refractivity (Wildman–Crippen MR) is 77.8 cm³/mol. The van der Waals surface area contributed by atoms with Crippen molar-refractivity contribution in [3.05, 3.63) is 18.2 Å². The smallest absolute Gasteiger partial charge is 0.156 e. The van der Waals surface area contributed by atoms with Gasteiger partial charge in [-0.05, 0) is 33.7 Å². The van der Waals surface area contributed by atoms with E-state index in [9.17, 15) is 8.42 Å². The molecule has 0 saturated carbocycles. The number of aryl methyl sites for hydroxylation is 1. The molecule has 0 saturated heterocycles. The molecule has 1 heterocycles. The summed E-state index contributed by atoms with van der Waals surface area (Å²) in [4.78, 5) is 4.26. The van der Waals surface area contributed by atoms with E-state index in [1.54, 1.807) is 27.1 Å². The summed E-state index contributed by atoms with van der Waals surface area (Å²) >= 11 is 0. The van der Waals surface area contributed by atoms with E-state index in [1.165, 1.54) is 0 Å². The lowest BCUT2D eigenvalue weighted by Gasteiger charge is -2.19. The number of imidazole rings is 1. The van der Waals surface area contributed by atoms with Crippen LogP contribution in [-0.2, 0) is 22.9 Å². The van der Waals surface area contributed by atoms with Crippen LogP contribution in [0, 0.1) is 0 Å². The molecule has 0 bridgehead atoms. The van der Waals surface area contributed by atoms with Gasteiger partial charge in [0, 0.05) is 19.3 Å². The number of nitrogens with one attached hydrogen (secondary N) is 1. The Balaban J connectivity index is 2.51. The lowest BCUT2D eigenvalue weighted by molar-refractivity contribution is 0.553. The van der Waals surface area contributed by atoms with Gasteiger partial charge in [-0.1, -0.05) is 6.92 Å². The molecule has 110 valence electrons. The zero-order chi connectivity index (χ0) is 14.5. The minimum Gasteiger partial charge on any atom is -0.336 e. The number of rotatable bonds is 7. The number of hydrogen-bond donors (Lipinski definition) is 1. The van der Waals surface area contributed by atoms with Crippen molar-refractivity contribution in [2.75, 3.05) is 12.3 Å². The molecule has 1 aromatic heterocycles. The highest BCUT2D eigenvalue weighted by Gasteiger charge is 2.28. The maximum Gasteiger partial charge on any atom is 0.156 e. The molecule has 1 rings (SSSR count). The average Bonchev–Trinajstić information content (AvgIpc) is 2.73. The summed E-state index contributed by atoms with van der Waals surface area (Å²) in [5.41, 5.74) is 0.946. The highest BCUT2D eigenvalue weighted by molar-refractivity contribution is 7.92. The molecule has 0 aliphatic rings. The summed E-state index contributed by atoms with van der Waals surface area (Å²) in [7, 11) is -3.07. The Kier molecular flexibility index (Phi) is 5.55. The molecule has 1 N–H and O–H groups in total. The maximum absolute atomic E-state index is 12.0. The summed E-state index contributed by atoms with van der Waals surface area (Å²) in [6, 6.07) is 0. The molecule has 19 heavy (non-hydrogen) atoms. The average molecular weight is 287 g/mol. The second kappa shape index (κ2) is 6.52. The predicted octanol–water partition coefficient (Wildman–Crippen LogP) is 1.60. The van der Waals surface area contributed by atoms with Crippen LogP contribution < -0.4 is 5.32 Å². The molecule has 0 amide bonds. The lowest BCUT2D eigenvalue weighted by Crippen LogP contribution is -2.31. The van der Waals surface area contributed by atoms with Crippen LogP contribution in [0.2, 0.25) is 0 Å². The second-order valence-corrected chi connectivity index (χ2v) is 8.57. The van der Waals surface area contributed by atoms with Crippen LogP contribution >= 0.6 is 0 Å². The molecule has 0 radical (unpaired) electrons. The summed E-state index contributed by atoms with van der Waals surface area (Å²) in [5, 5.41) is 3.27. The van der Waals surface area contributed by atoms with Gasteiger partial charge in [0.05, 0.1) is 22.5 Å². The van der Waals surface area contributed by atoms with E-state index in [0.29, 0.717) is 6.54 Å². The van der Waals surface area contributed by atoms with Crippen LogP contribution in [0.15, 0.2) is 12.5 Å². The van der Waals surface area contributed by atoms with Gasteiger partial charge in [0.25, 0.3) is 0 Å². The van der Waals surface area contributed by atoms with Crippen molar-refractivity contribution < 1.29 is 8.42 Å². The standard InChI is InChI=1S/C13H25N3O2S/c1-5-6-14-9-12-10-16(11-15-12)7-8-19(17,18)13(2,3)4/h10-11,14H,5-9H2,1-4H3. The van der Waals surface area contributed by atoms with Gasteiger partial charge in [-0.25, -0.2) is 13.4 Å². The van der Waals surface area contributed by atoms with Gasteiger partial charge in [0.1, 0.15) is 0 Å². The van der Waals surface area contributed by atoms with Crippen LogP contribution in [-0.4, -0.2) is 35.0 Å². The zero-order valence-electron chi connectivity index (χ0n) is 12.3. The van der Waals surface area contributed by atoms with Crippen molar-refractivity contribution in [3.8, 4) is 0 Å². The molecule has 0 aliphatic carbocycles. The van der Waals surface area contributed by atoms with Gasteiger partial charge >= 0.3 is 0 Å². The third-order valence-corrected chi connectivity index (χ3v) is 5.56. The number of hydrogen-bond acceptors (Lipinski definition) is 4. The third kappa shape index (κ3) is 4.95. The monoisotopic (exact) mass is 287 g/mol. The van der Waals surface area contributed by atoms with Crippen molar-refractivity contribution in [3.63, 3.8) is 0 Å². The summed E-state index contributed by atoms with van der Waals surface area (Å²) in [6.07, 6.45) is 4.69.